The summed E-state index contributed by atoms with van der Waals surface area (Å²) in [7, 11) is 0. The maximum atomic E-state index is 12.1. The highest BCUT2D eigenvalue weighted by Crippen LogP contribution is 2.21. The van der Waals surface area contributed by atoms with Crippen LogP contribution in [0.2, 0.25) is 5.02 Å². The van der Waals surface area contributed by atoms with Crippen molar-refractivity contribution in [1.82, 2.24) is 14.4 Å². The van der Waals surface area contributed by atoms with Crippen molar-refractivity contribution in [1.29, 1.82) is 0 Å². The average Bonchev–Trinajstić information content (AvgIpc) is 3.06. The Bertz CT molecular complexity index is 1040. The number of urea groups is 1. The number of carbonyl (C=O) groups is 1. The summed E-state index contributed by atoms with van der Waals surface area (Å²) in [6.07, 6.45) is 5.52. The Morgan fingerprint density at radius 1 is 1.00 bits per heavy atom. The van der Waals surface area contributed by atoms with Gasteiger partial charge in [-0.15, -0.1) is 0 Å². The summed E-state index contributed by atoms with van der Waals surface area (Å²) in [5, 5.41) is 6.08. The highest BCUT2D eigenvalue weighted by Gasteiger charge is 2.06. The lowest BCUT2D eigenvalue weighted by Gasteiger charge is -2.08. The summed E-state index contributed by atoms with van der Waals surface area (Å²) in [5.74, 6) is 0.644. The van der Waals surface area contributed by atoms with Gasteiger partial charge < -0.3 is 10.6 Å². The van der Waals surface area contributed by atoms with Gasteiger partial charge in [0.05, 0.1) is 5.69 Å². The number of aromatic nitrogens is 3. The van der Waals surface area contributed by atoms with E-state index in [9.17, 15) is 4.79 Å². The molecule has 7 heteroatoms. The van der Waals surface area contributed by atoms with Gasteiger partial charge in [-0.25, -0.2) is 14.8 Å². The molecule has 0 spiro atoms. The van der Waals surface area contributed by atoms with Crippen LogP contribution in [0.25, 0.3) is 17.0 Å². The number of anilines is 2. The summed E-state index contributed by atoms with van der Waals surface area (Å²) in [6, 6.07) is 15.9. The predicted octanol–water partition coefficient (Wildman–Crippen LogP) is 4.69. The summed E-state index contributed by atoms with van der Waals surface area (Å²) in [5.41, 5.74) is 3.06. The number of nitrogens with one attached hydrogen (secondary N) is 2. The minimum Gasteiger partial charge on any atom is -0.308 e. The molecule has 2 N–H and O–H groups in total. The number of imidazole rings is 1. The van der Waals surface area contributed by atoms with Crippen molar-refractivity contribution in [2.75, 3.05) is 10.6 Å². The van der Waals surface area contributed by atoms with Gasteiger partial charge in [0.2, 0.25) is 5.78 Å². The van der Waals surface area contributed by atoms with Gasteiger partial charge >= 0.3 is 6.03 Å². The van der Waals surface area contributed by atoms with E-state index in [1.165, 1.54) is 0 Å². The molecule has 0 saturated heterocycles. The molecule has 0 bridgehead atoms. The van der Waals surface area contributed by atoms with Gasteiger partial charge in [0.25, 0.3) is 0 Å². The zero-order valence-corrected chi connectivity index (χ0v) is 14.3. The number of hydrogen-bond acceptors (Lipinski definition) is 3. The Morgan fingerprint density at radius 2 is 1.81 bits per heavy atom. The second-order valence-electron chi connectivity index (χ2n) is 5.62. The van der Waals surface area contributed by atoms with Gasteiger partial charge in [0, 0.05) is 40.6 Å². The minimum absolute atomic E-state index is 0.336. The summed E-state index contributed by atoms with van der Waals surface area (Å²) < 4.78 is 1.86. The maximum Gasteiger partial charge on any atom is 0.323 e. The van der Waals surface area contributed by atoms with E-state index in [1.807, 2.05) is 47.1 Å². The van der Waals surface area contributed by atoms with Crippen LogP contribution in [0.5, 0.6) is 0 Å². The molecule has 4 aromatic rings. The van der Waals surface area contributed by atoms with E-state index in [-0.39, 0.29) is 6.03 Å². The molecule has 0 aliphatic rings. The second kappa shape index (κ2) is 6.85. The molecule has 0 aliphatic carbocycles. The van der Waals surface area contributed by atoms with Gasteiger partial charge in [0.15, 0.2) is 0 Å². The third-order valence-electron chi connectivity index (χ3n) is 3.76. The minimum atomic E-state index is -0.336. The molecule has 128 valence electrons. The second-order valence-corrected chi connectivity index (χ2v) is 6.06. The number of fused-ring (bicyclic) bond motifs is 1. The predicted molar refractivity (Wildman–Crippen MR) is 103 cm³/mol. The van der Waals surface area contributed by atoms with Crippen LogP contribution in [0.3, 0.4) is 0 Å². The zero-order chi connectivity index (χ0) is 17.9. The zero-order valence-electron chi connectivity index (χ0n) is 13.6. The Balaban J connectivity index is 1.46. The number of carbonyl (C=O) groups excluding carboxylic acids is 1. The van der Waals surface area contributed by atoms with Crippen LogP contribution in [-0.4, -0.2) is 20.4 Å². The van der Waals surface area contributed by atoms with E-state index in [0.29, 0.717) is 22.2 Å². The van der Waals surface area contributed by atoms with Crippen molar-refractivity contribution in [3.63, 3.8) is 0 Å². The lowest BCUT2D eigenvalue weighted by atomic mass is 10.1. The van der Waals surface area contributed by atoms with Gasteiger partial charge in [0.1, 0.15) is 0 Å². The topological polar surface area (TPSA) is 71.3 Å². The molecular weight excluding hydrogens is 350 g/mol. The third kappa shape index (κ3) is 3.50. The number of benzene rings is 2. The first-order valence-electron chi connectivity index (χ1n) is 7.91. The fraction of sp³-hybridized carbons (Fsp3) is 0. The van der Waals surface area contributed by atoms with E-state index in [1.54, 1.807) is 30.5 Å². The number of rotatable bonds is 3. The van der Waals surface area contributed by atoms with E-state index in [4.69, 9.17) is 11.6 Å². The molecule has 0 aliphatic heterocycles. The monoisotopic (exact) mass is 363 g/mol. The normalized spacial score (nSPS) is 10.7. The quantitative estimate of drug-likeness (QED) is 0.554. The van der Waals surface area contributed by atoms with Crippen molar-refractivity contribution in [2.45, 2.75) is 0 Å². The van der Waals surface area contributed by atoms with E-state index in [0.717, 1.165) is 11.3 Å². The van der Waals surface area contributed by atoms with E-state index < -0.39 is 0 Å². The fourth-order valence-corrected chi connectivity index (χ4v) is 2.74. The van der Waals surface area contributed by atoms with Crippen LogP contribution in [0.1, 0.15) is 0 Å². The SMILES string of the molecule is O=C(Nc1ccc(-c2cn3cccnc3n2)cc1)Nc1cccc(Cl)c1. The van der Waals surface area contributed by atoms with Gasteiger partial charge in [-0.1, -0.05) is 29.8 Å². The van der Waals surface area contributed by atoms with Crippen molar-refractivity contribution in [2.24, 2.45) is 0 Å². The summed E-state index contributed by atoms with van der Waals surface area (Å²) >= 11 is 5.91. The number of amides is 2. The van der Waals surface area contributed by atoms with Crippen molar-refractivity contribution in [3.05, 3.63) is 78.2 Å². The third-order valence-corrected chi connectivity index (χ3v) is 3.99. The number of halogens is 1. The molecule has 2 amide bonds. The van der Waals surface area contributed by atoms with Crippen LogP contribution >= 0.6 is 11.6 Å². The van der Waals surface area contributed by atoms with Crippen LogP contribution < -0.4 is 10.6 Å². The van der Waals surface area contributed by atoms with Gasteiger partial charge in [-0.2, -0.15) is 0 Å². The maximum absolute atomic E-state index is 12.1. The first-order chi connectivity index (χ1) is 12.7. The lowest BCUT2D eigenvalue weighted by Crippen LogP contribution is -2.19. The van der Waals surface area contributed by atoms with Crippen LogP contribution in [0.4, 0.5) is 16.2 Å². The Kier molecular flexibility index (Phi) is 4.25. The molecule has 0 saturated carbocycles. The molecule has 26 heavy (non-hydrogen) atoms. The van der Waals surface area contributed by atoms with Crippen LogP contribution in [-0.2, 0) is 0 Å². The number of hydrogen-bond donors (Lipinski definition) is 2. The molecule has 0 atom stereocenters. The van der Waals surface area contributed by atoms with Crippen molar-refractivity contribution in [3.8, 4) is 11.3 Å². The Labute approximate surface area is 154 Å². The Morgan fingerprint density at radius 3 is 2.58 bits per heavy atom. The molecule has 2 aromatic heterocycles. The van der Waals surface area contributed by atoms with E-state index >= 15 is 0 Å². The molecule has 0 fully saturated rings. The number of nitrogens with zero attached hydrogens (tertiary/aromatic N) is 3. The fourth-order valence-electron chi connectivity index (χ4n) is 2.55. The molecule has 0 radical (unpaired) electrons. The molecular formula is C19H14ClN5O. The molecule has 2 aromatic carbocycles. The van der Waals surface area contributed by atoms with Crippen LogP contribution in [0, 0.1) is 0 Å². The van der Waals surface area contributed by atoms with Crippen molar-refractivity contribution >= 4 is 34.8 Å². The lowest BCUT2D eigenvalue weighted by molar-refractivity contribution is 0.262. The highest BCUT2D eigenvalue weighted by molar-refractivity contribution is 6.30. The molecule has 0 unspecified atom stereocenters. The largest absolute Gasteiger partial charge is 0.323 e. The molecule has 4 rings (SSSR count). The Hall–Kier alpha value is -3.38. The van der Waals surface area contributed by atoms with Gasteiger partial charge in [-0.3, -0.25) is 4.40 Å². The molecule has 2 heterocycles. The van der Waals surface area contributed by atoms with Crippen LogP contribution in [0.15, 0.2) is 73.2 Å². The average molecular weight is 364 g/mol. The van der Waals surface area contributed by atoms with Gasteiger partial charge in [-0.05, 0) is 36.4 Å². The van der Waals surface area contributed by atoms with E-state index in [2.05, 4.69) is 20.6 Å². The summed E-state index contributed by atoms with van der Waals surface area (Å²) in [4.78, 5) is 20.8. The smallest absolute Gasteiger partial charge is 0.308 e. The first-order valence-corrected chi connectivity index (χ1v) is 8.29. The highest BCUT2D eigenvalue weighted by atomic mass is 35.5. The standard InChI is InChI=1S/C19H14ClN5O/c20-14-3-1-4-16(11-14)23-19(26)22-15-7-5-13(6-8-15)17-12-25-10-2-9-21-18(25)24-17/h1-12H,(H2,22,23,26). The van der Waals surface area contributed by atoms with Crippen molar-refractivity contribution < 1.29 is 4.79 Å². The first kappa shape index (κ1) is 16.1. The summed E-state index contributed by atoms with van der Waals surface area (Å²) in [6.45, 7) is 0. The molecule has 6 nitrogen and oxygen atoms in total.